The molecule has 0 spiro atoms. The lowest BCUT2D eigenvalue weighted by atomic mass is 10.1. The summed E-state index contributed by atoms with van der Waals surface area (Å²) in [4.78, 5) is 17.1. The van der Waals surface area contributed by atoms with Crippen LogP contribution in [0.5, 0.6) is 0 Å². The summed E-state index contributed by atoms with van der Waals surface area (Å²) in [6, 6.07) is 7.28. The minimum Gasteiger partial charge on any atom is -0.465 e. The van der Waals surface area contributed by atoms with E-state index in [1.54, 1.807) is 23.9 Å². The maximum atomic E-state index is 11.4. The predicted octanol–water partition coefficient (Wildman–Crippen LogP) is 3.10. The van der Waals surface area contributed by atoms with Gasteiger partial charge in [0.25, 0.3) is 0 Å². The molecule has 114 valence electrons. The van der Waals surface area contributed by atoms with Crippen LogP contribution in [0.2, 0.25) is 0 Å². The molecule has 5 heteroatoms. The van der Waals surface area contributed by atoms with E-state index in [1.165, 1.54) is 7.11 Å². The number of rotatable bonds is 7. The predicted molar refractivity (Wildman–Crippen MR) is 90.1 cm³/mol. The van der Waals surface area contributed by atoms with Gasteiger partial charge in [0.15, 0.2) is 0 Å². The number of nitrogens with one attached hydrogen (secondary N) is 1. The molecule has 0 aromatic heterocycles. The van der Waals surface area contributed by atoms with E-state index in [0.29, 0.717) is 5.56 Å². The highest BCUT2D eigenvalue weighted by Gasteiger charge is 2.08. The molecule has 0 aliphatic heterocycles. The molecule has 1 rings (SSSR count). The van der Waals surface area contributed by atoms with Crippen molar-refractivity contribution >= 4 is 22.8 Å². The number of carbonyl (C=O) groups is 1. The fourth-order valence-corrected chi connectivity index (χ4v) is 2.39. The first-order chi connectivity index (χ1) is 10.1. The summed E-state index contributed by atoms with van der Waals surface area (Å²) in [5.41, 5.74) is 1.52. The van der Waals surface area contributed by atoms with Crippen molar-refractivity contribution < 1.29 is 9.53 Å². The van der Waals surface area contributed by atoms with Crippen molar-refractivity contribution in [2.75, 3.05) is 27.2 Å². The first-order valence-corrected chi connectivity index (χ1v) is 7.61. The highest BCUT2D eigenvalue weighted by Crippen LogP contribution is 2.21. The van der Waals surface area contributed by atoms with Crippen LogP contribution >= 0.6 is 11.8 Å². The van der Waals surface area contributed by atoms with E-state index in [2.05, 4.69) is 16.9 Å². The third-order valence-corrected chi connectivity index (χ3v) is 3.57. The van der Waals surface area contributed by atoms with Crippen molar-refractivity contribution in [3.63, 3.8) is 0 Å². The molecule has 0 atom stereocenters. The minimum absolute atomic E-state index is 0.332. The summed E-state index contributed by atoms with van der Waals surface area (Å²) in [5, 5.41) is 4.03. The third-order valence-electron chi connectivity index (χ3n) is 2.66. The minimum atomic E-state index is -0.332. The first kappa shape index (κ1) is 17.5. The van der Waals surface area contributed by atoms with Gasteiger partial charge in [0.2, 0.25) is 0 Å². The number of ether oxygens (including phenoxy) is 1. The molecular formula is C16H22N2O2S. The van der Waals surface area contributed by atoms with E-state index >= 15 is 0 Å². The van der Waals surface area contributed by atoms with Gasteiger partial charge in [-0.05, 0) is 44.0 Å². The lowest BCUT2D eigenvalue weighted by Gasteiger charge is -2.07. The van der Waals surface area contributed by atoms with Crippen molar-refractivity contribution in [1.29, 1.82) is 0 Å². The van der Waals surface area contributed by atoms with Gasteiger partial charge in [-0.15, -0.1) is 0 Å². The number of nitrogens with zero attached hydrogens (tertiary/aromatic N) is 1. The topological polar surface area (TPSA) is 50.7 Å². The summed E-state index contributed by atoms with van der Waals surface area (Å²) < 4.78 is 4.70. The molecule has 1 aromatic rings. The van der Waals surface area contributed by atoms with Crippen LogP contribution < -0.4 is 5.32 Å². The molecule has 0 radical (unpaired) electrons. The highest BCUT2D eigenvalue weighted by molar-refractivity contribution is 8.17. The Morgan fingerprint density at radius 1 is 1.33 bits per heavy atom. The van der Waals surface area contributed by atoms with Crippen LogP contribution in [0, 0.1) is 0 Å². The summed E-state index contributed by atoms with van der Waals surface area (Å²) in [7, 11) is 3.31. The van der Waals surface area contributed by atoms with Gasteiger partial charge in [-0.25, -0.2) is 4.79 Å². The molecule has 0 heterocycles. The molecule has 0 aliphatic carbocycles. The molecule has 0 fully saturated rings. The highest BCUT2D eigenvalue weighted by atomic mass is 32.2. The third kappa shape index (κ3) is 6.14. The van der Waals surface area contributed by atoms with E-state index in [4.69, 9.17) is 4.74 Å². The van der Waals surface area contributed by atoms with Crippen LogP contribution in [0.25, 0.3) is 0 Å². The van der Waals surface area contributed by atoms with Gasteiger partial charge >= 0.3 is 5.97 Å². The standard InChI is InChI=1S/C16H22N2O2S/c1-12(2)21-15(18-11-5-10-17-3)13-6-8-14(9-7-13)16(19)20-4/h6-9,17H,1,5,10-11H2,2-4H3. The summed E-state index contributed by atoms with van der Waals surface area (Å²) in [5.74, 6) is -0.332. The van der Waals surface area contributed by atoms with Crippen LogP contribution in [0.4, 0.5) is 0 Å². The summed E-state index contributed by atoms with van der Waals surface area (Å²) in [6.07, 6.45) is 0.983. The van der Waals surface area contributed by atoms with E-state index in [1.807, 2.05) is 26.1 Å². The molecule has 0 saturated heterocycles. The van der Waals surface area contributed by atoms with E-state index in [0.717, 1.165) is 35.0 Å². The molecule has 0 unspecified atom stereocenters. The van der Waals surface area contributed by atoms with Gasteiger partial charge in [0.1, 0.15) is 5.04 Å². The van der Waals surface area contributed by atoms with Gasteiger partial charge < -0.3 is 10.1 Å². The fraction of sp³-hybridized carbons (Fsp3) is 0.375. The molecule has 21 heavy (non-hydrogen) atoms. The van der Waals surface area contributed by atoms with Crippen LogP contribution in [0.15, 0.2) is 40.7 Å². The van der Waals surface area contributed by atoms with E-state index in [9.17, 15) is 4.79 Å². The smallest absolute Gasteiger partial charge is 0.337 e. The number of esters is 1. The lowest BCUT2D eigenvalue weighted by Crippen LogP contribution is -2.09. The molecule has 0 amide bonds. The second-order valence-electron chi connectivity index (χ2n) is 4.52. The Kier molecular flexibility index (Phi) is 7.79. The van der Waals surface area contributed by atoms with Crippen LogP contribution in [-0.2, 0) is 4.74 Å². The van der Waals surface area contributed by atoms with Crippen LogP contribution in [0.3, 0.4) is 0 Å². The molecule has 0 aliphatic rings. The zero-order valence-electron chi connectivity index (χ0n) is 12.8. The maximum absolute atomic E-state index is 11.4. The Balaban J connectivity index is 2.87. The fourth-order valence-electron chi connectivity index (χ4n) is 1.65. The van der Waals surface area contributed by atoms with Gasteiger partial charge in [-0.2, -0.15) is 0 Å². The lowest BCUT2D eigenvalue weighted by molar-refractivity contribution is 0.0600. The number of methoxy groups -OCH3 is 1. The SMILES string of the molecule is C=C(C)SC(=NCCCNC)c1ccc(C(=O)OC)cc1. The molecular weight excluding hydrogens is 284 g/mol. The second-order valence-corrected chi connectivity index (χ2v) is 5.80. The molecule has 0 saturated carbocycles. The Hall–Kier alpha value is -1.59. The first-order valence-electron chi connectivity index (χ1n) is 6.79. The van der Waals surface area contributed by atoms with Crippen molar-refractivity contribution in [3.05, 3.63) is 46.9 Å². The van der Waals surface area contributed by atoms with E-state index in [-0.39, 0.29) is 5.97 Å². The van der Waals surface area contributed by atoms with Gasteiger partial charge in [0, 0.05) is 12.1 Å². The van der Waals surface area contributed by atoms with Crippen LogP contribution in [-0.4, -0.2) is 38.3 Å². The number of hydrogen-bond donors (Lipinski definition) is 1. The zero-order chi connectivity index (χ0) is 15.7. The maximum Gasteiger partial charge on any atom is 0.337 e. The number of allylic oxidation sites excluding steroid dienone is 1. The van der Waals surface area contributed by atoms with Gasteiger partial charge in [-0.3, -0.25) is 4.99 Å². The molecule has 1 aromatic carbocycles. The van der Waals surface area contributed by atoms with Gasteiger partial charge in [0.05, 0.1) is 12.7 Å². The largest absolute Gasteiger partial charge is 0.465 e. The average molecular weight is 306 g/mol. The monoisotopic (exact) mass is 306 g/mol. The Morgan fingerprint density at radius 2 is 1.95 bits per heavy atom. The number of carbonyl (C=O) groups excluding carboxylic acids is 1. The quantitative estimate of drug-likeness (QED) is 0.364. The van der Waals surface area contributed by atoms with Crippen molar-refractivity contribution in [3.8, 4) is 0 Å². The number of thioether (sulfide) groups is 1. The number of benzene rings is 1. The van der Waals surface area contributed by atoms with Crippen molar-refractivity contribution in [2.24, 2.45) is 4.99 Å². The van der Waals surface area contributed by atoms with Crippen molar-refractivity contribution in [1.82, 2.24) is 5.32 Å². The number of hydrogen-bond acceptors (Lipinski definition) is 5. The average Bonchev–Trinajstić information content (AvgIpc) is 2.49. The summed E-state index contributed by atoms with van der Waals surface area (Å²) in [6.45, 7) is 7.57. The normalized spacial score (nSPS) is 11.3. The summed E-state index contributed by atoms with van der Waals surface area (Å²) >= 11 is 1.55. The Morgan fingerprint density at radius 3 is 2.48 bits per heavy atom. The molecule has 1 N–H and O–H groups in total. The Labute approximate surface area is 130 Å². The molecule has 0 bridgehead atoms. The van der Waals surface area contributed by atoms with Crippen LogP contribution in [0.1, 0.15) is 29.3 Å². The zero-order valence-corrected chi connectivity index (χ0v) is 13.6. The molecule has 4 nitrogen and oxygen atoms in total. The van der Waals surface area contributed by atoms with Gasteiger partial charge in [-0.1, -0.05) is 30.5 Å². The Bertz CT molecular complexity index is 510. The second kappa shape index (κ2) is 9.37. The number of aliphatic imine (C=N–C) groups is 1. The van der Waals surface area contributed by atoms with E-state index < -0.39 is 0 Å². The van der Waals surface area contributed by atoms with Crippen molar-refractivity contribution in [2.45, 2.75) is 13.3 Å².